The highest BCUT2D eigenvalue weighted by Crippen LogP contribution is 1.98. The van der Waals surface area contributed by atoms with Gasteiger partial charge in [0.25, 0.3) is 0 Å². The van der Waals surface area contributed by atoms with E-state index in [2.05, 4.69) is 36.3 Å². The largest absolute Gasteiger partial charge is 0.481 e. The molecule has 0 spiro atoms. The van der Waals surface area contributed by atoms with Gasteiger partial charge in [-0.25, -0.2) is 4.79 Å². The number of nitrogens with two attached hydrogens (primary N) is 1. The molecule has 22 heteroatoms. The number of unbranched alkanes of at least 4 members (excludes halogenated alkanes) is 3. The molecule has 0 saturated heterocycles. The van der Waals surface area contributed by atoms with Crippen LogP contribution in [0.2, 0.25) is 0 Å². The fourth-order valence-corrected chi connectivity index (χ4v) is 2.09. The predicted molar refractivity (Wildman–Crippen MR) is 184 cm³/mol. The molecule has 314 valence electrons. The number of ether oxygens (including phenoxy) is 6. The first-order chi connectivity index (χ1) is 25.0. The first-order valence-corrected chi connectivity index (χ1v) is 16.2. The van der Waals surface area contributed by atoms with Crippen molar-refractivity contribution < 1.29 is 97.4 Å². The average Bonchev–Trinajstić information content (AvgIpc) is 3.15. The maximum Gasteiger partial charge on any atom is 0.403 e. The number of halogens is 1. The summed E-state index contributed by atoms with van der Waals surface area (Å²) in [5.74, 6) is -4.10. The molecule has 8 N–H and O–H groups in total. The fourth-order valence-electron chi connectivity index (χ4n) is 2.09. The number of aliphatic hydroxyl groups is 4. The van der Waals surface area contributed by atoms with Crippen molar-refractivity contribution in [2.45, 2.75) is 77.0 Å². The van der Waals surface area contributed by atoms with E-state index in [0.717, 1.165) is 12.8 Å². The SMILES string of the molecule is COC(=O)CCC(=O)O.COC(=O)CCC(=O)OCCCCO.COC(=O)CCC(=O)OCCCCO.COC(=O)Cl.NCC(=O)O.OCCCCO. The lowest BCUT2D eigenvalue weighted by atomic mass is 10.3. The van der Waals surface area contributed by atoms with Crippen LogP contribution in [0.1, 0.15) is 77.0 Å². The number of esters is 5. The van der Waals surface area contributed by atoms with Crippen molar-refractivity contribution in [3.8, 4) is 0 Å². The highest BCUT2D eigenvalue weighted by Gasteiger charge is 2.08. The van der Waals surface area contributed by atoms with E-state index in [1.54, 1.807) is 0 Å². The molecule has 0 fully saturated rings. The van der Waals surface area contributed by atoms with Crippen molar-refractivity contribution in [2.75, 3.05) is 74.6 Å². The molecule has 21 nitrogen and oxygen atoms in total. The van der Waals surface area contributed by atoms with E-state index in [9.17, 15) is 38.4 Å². The summed E-state index contributed by atoms with van der Waals surface area (Å²) in [6.45, 7) is 0.891. The van der Waals surface area contributed by atoms with Gasteiger partial charge in [-0.2, -0.15) is 0 Å². The van der Waals surface area contributed by atoms with Gasteiger partial charge < -0.3 is 64.8 Å². The van der Waals surface area contributed by atoms with Gasteiger partial charge in [0.2, 0.25) is 0 Å². The number of hydrogen-bond donors (Lipinski definition) is 7. The zero-order valence-corrected chi connectivity index (χ0v) is 31.5. The molecule has 0 aromatic carbocycles. The number of hydrogen-bond acceptors (Lipinski definition) is 19. The summed E-state index contributed by atoms with van der Waals surface area (Å²) < 4.78 is 26.4. The Kier molecular flexibility index (Phi) is 60.0. The molecule has 0 radical (unpaired) electrons. The fraction of sp³-hybridized carbons (Fsp3) is 0.742. The second-order valence-corrected chi connectivity index (χ2v) is 9.43. The van der Waals surface area contributed by atoms with Gasteiger partial charge in [-0.3, -0.25) is 33.6 Å². The number of rotatable bonds is 21. The third-order valence-corrected chi connectivity index (χ3v) is 4.98. The summed E-state index contributed by atoms with van der Waals surface area (Å²) in [7, 11) is 4.99. The van der Waals surface area contributed by atoms with Crippen molar-refractivity contribution in [3.63, 3.8) is 0 Å². The van der Waals surface area contributed by atoms with E-state index in [1.807, 2.05) is 0 Å². The smallest absolute Gasteiger partial charge is 0.403 e. The standard InChI is InChI=1S/2C9H16O5.C5H8O4.C4H10O2.C2H3ClO2.C2H5NO2/c2*1-13-8(11)4-5-9(12)14-7-3-2-6-10;1-9-5(8)3-2-4(6)7;5-3-1-2-4-6;1-5-2(3)4;3-1-2(4)5/h2*10H,2-7H2,1H3;2-3H2,1H3,(H,6,7);5-6H,1-4H2;1H3;1,3H2,(H,4,5). The Hall–Kier alpha value is -4.15. The van der Waals surface area contributed by atoms with Crippen LogP contribution in [-0.2, 0) is 62.0 Å². The molecular weight excluding hydrogens is 742 g/mol. The van der Waals surface area contributed by atoms with Crippen LogP contribution in [0.15, 0.2) is 0 Å². The topological polar surface area (TPSA) is 339 Å². The van der Waals surface area contributed by atoms with Gasteiger partial charge in [0.05, 0.1) is 86.7 Å². The van der Waals surface area contributed by atoms with E-state index in [1.165, 1.54) is 28.4 Å². The molecule has 0 bridgehead atoms. The van der Waals surface area contributed by atoms with Crippen molar-refractivity contribution in [1.29, 1.82) is 0 Å². The third kappa shape index (κ3) is 78.3. The Morgan fingerprint density at radius 3 is 0.906 bits per heavy atom. The van der Waals surface area contributed by atoms with Gasteiger partial charge in [-0.1, -0.05) is 0 Å². The van der Waals surface area contributed by atoms with Crippen LogP contribution in [0.25, 0.3) is 0 Å². The lowest BCUT2D eigenvalue weighted by Gasteiger charge is -2.03. The number of carboxylic acids is 2. The minimum absolute atomic E-state index is 0.0474. The Bertz CT molecular complexity index is 877. The minimum atomic E-state index is -0.986. The summed E-state index contributed by atoms with van der Waals surface area (Å²) in [6.07, 6.45) is 3.93. The summed E-state index contributed by atoms with van der Waals surface area (Å²) in [4.78, 5) is 81.8. The maximum atomic E-state index is 10.9. The monoisotopic (exact) mass is 799 g/mol. The van der Waals surface area contributed by atoms with Gasteiger partial charge in [-0.05, 0) is 38.5 Å². The van der Waals surface area contributed by atoms with E-state index in [-0.39, 0.29) is 71.5 Å². The summed E-state index contributed by atoms with van der Waals surface area (Å²) in [6, 6.07) is 0. The first kappa shape index (κ1) is 60.9. The number of carbonyl (C=O) groups excluding carboxylic acids is 6. The number of methoxy groups -OCH3 is 4. The second kappa shape index (κ2) is 52.2. The van der Waals surface area contributed by atoms with Gasteiger partial charge in [0.15, 0.2) is 0 Å². The Balaban J connectivity index is -0.000000132. The molecule has 0 rings (SSSR count). The minimum Gasteiger partial charge on any atom is -0.481 e. The molecule has 0 amide bonds. The summed E-state index contributed by atoms with van der Waals surface area (Å²) in [5, 5.41) is 48.7. The van der Waals surface area contributed by atoms with Crippen LogP contribution < -0.4 is 5.73 Å². The molecular formula is C31H58ClNO20. The lowest BCUT2D eigenvalue weighted by molar-refractivity contribution is -0.149. The zero-order chi connectivity index (χ0) is 42.3. The molecule has 0 aliphatic rings. The molecule has 0 saturated carbocycles. The molecule has 0 heterocycles. The average molecular weight is 800 g/mol. The van der Waals surface area contributed by atoms with E-state index < -0.39 is 47.2 Å². The maximum absolute atomic E-state index is 10.9. The Labute approximate surface area is 313 Å². The van der Waals surface area contributed by atoms with Gasteiger partial charge in [-0.15, -0.1) is 0 Å². The van der Waals surface area contributed by atoms with E-state index >= 15 is 0 Å². The molecule has 0 aliphatic heterocycles. The highest BCUT2D eigenvalue weighted by atomic mass is 35.5. The van der Waals surface area contributed by atoms with Crippen molar-refractivity contribution >= 4 is 58.8 Å². The zero-order valence-electron chi connectivity index (χ0n) is 30.8. The van der Waals surface area contributed by atoms with Crippen LogP contribution in [0, 0.1) is 0 Å². The quantitative estimate of drug-likeness (QED) is 0.0355. The van der Waals surface area contributed by atoms with E-state index in [4.69, 9.17) is 40.1 Å². The van der Waals surface area contributed by atoms with Gasteiger partial charge in [0.1, 0.15) is 0 Å². The molecule has 0 aromatic rings. The Morgan fingerprint density at radius 1 is 0.453 bits per heavy atom. The van der Waals surface area contributed by atoms with Crippen LogP contribution in [0.3, 0.4) is 0 Å². The first-order valence-electron chi connectivity index (χ1n) is 15.9. The van der Waals surface area contributed by atoms with Gasteiger partial charge in [0, 0.05) is 38.0 Å². The molecule has 0 atom stereocenters. The molecule has 0 aromatic heterocycles. The number of carboxylic acid groups (broad SMARTS) is 2. The molecule has 0 unspecified atom stereocenters. The van der Waals surface area contributed by atoms with Crippen LogP contribution >= 0.6 is 11.6 Å². The second-order valence-electron chi connectivity index (χ2n) is 9.12. The highest BCUT2D eigenvalue weighted by molar-refractivity contribution is 6.61. The van der Waals surface area contributed by atoms with Crippen molar-refractivity contribution in [2.24, 2.45) is 5.73 Å². The summed E-state index contributed by atoms with van der Waals surface area (Å²) in [5.41, 5.74) is 3.80. The third-order valence-electron chi connectivity index (χ3n) is 4.82. The number of carbonyl (C=O) groups is 8. The van der Waals surface area contributed by atoms with E-state index in [0.29, 0.717) is 38.9 Å². The lowest BCUT2D eigenvalue weighted by Crippen LogP contribution is -2.10. The Morgan fingerprint density at radius 2 is 0.698 bits per heavy atom. The van der Waals surface area contributed by atoms with Crippen molar-refractivity contribution in [1.82, 2.24) is 0 Å². The van der Waals surface area contributed by atoms with Crippen LogP contribution in [0.5, 0.6) is 0 Å². The number of aliphatic hydroxyl groups excluding tert-OH is 4. The number of aliphatic carboxylic acids is 2. The van der Waals surface area contributed by atoms with Crippen LogP contribution in [-0.4, -0.2) is 152 Å². The predicted octanol–water partition coefficient (Wildman–Crippen LogP) is 0.307. The van der Waals surface area contributed by atoms with Crippen molar-refractivity contribution in [3.05, 3.63) is 0 Å². The van der Waals surface area contributed by atoms with Crippen LogP contribution in [0.4, 0.5) is 4.79 Å². The normalized spacial score (nSPS) is 8.87. The molecule has 53 heavy (non-hydrogen) atoms. The van der Waals surface area contributed by atoms with Gasteiger partial charge >= 0.3 is 47.2 Å². The summed E-state index contributed by atoms with van der Waals surface area (Å²) >= 11 is 4.60. The molecule has 0 aliphatic carbocycles.